The molecule has 100 valence electrons. The second kappa shape index (κ2) is 6.53. The maximum Gasteiger partial charge on any atom is 0.0211 e. The smallest absolute Gasteiger partial charge is 0.0211 e. The molecule has 0 saturated carbocycles. The summed E-state index contributed by atoms with van der Waals surface area (Å²) < 4.78 is 0. The molecule has 19 heavy (non-hydrogen) atoms. The van der Waals surface area contributed by atoms with Crippen molar-refractivity contribution in [2.45, 2.75) is 33.7 Å². The molecule has 1 N–H and O–H groups in total. The monoisotopic (exact) mass is 253 g/mol. The average molecular weight is 253 g/mol. The molecule has 0 fully saturated rings. The van der Waals surface area contributed by atoms with Crippen molar-refractivity contribution in [1.82, 2.24) is 5.32 Å². The van der Waals surface area contributed by atoms with E-state index in [9.17, 15) is 0 Å². The van der Waals surface area contributed by atoms with Gasteiger partial charge in [0.1, 0.15) is 0 Å². The number of benzene rings is 2. The summed E-state index contributed by atoms with van der Waals surface area (Å²) in [6.45, 7) is 8.49. The molecule has 0 amide bonds. The number of hydrogen-bond acceptors (Lipinski definition) is 1. The molecule has 1 heteroatoms. The van der Waals surface area contributed by atoms with Crippen molar-refractivity contribution >= 4 is 0 Å². The van der Waals surface area contributed by atoms with Gasteiger partial charge in [-0.2, -0.15) is 0 Å². The quantitative estimate of drug-likeness (QED) is 0.775. The van der Waals surface area contributed by atoms with Crippen molar-refractivity contribution in [2.75, 3.05) is 6.54 Å². The van der Waals surface area contributed by atoms with Crippen LogP contribution in [0, 0.1) is 13.8 Å². The van der Waals surface area contributed by atoms with Crippen LogP contribution in [-0.2, 0) is 6.54 Å². The average Bonchev–Trinajstić information content (AvgIpc) is 2.41. The van der Waals surface area contributed by atoms with Crippen LogP contribution in [0.4, 0.5) is 0 Å². The molecule has 0 bridgehead atoms. The summed E-state index contributed by atoms with van der Waals surface area (Å²) in [5.41, 5.74) is 6.66. The first-order chi connectivity index (χ1) is 9.20. The minimum atomic E-state index is 0.942. The summed E-state index contributed by atoms with van der Waals surface area (Å²) >= 11 is 0. The second-order valence-corrected chi connectivity index (χ2v) is 5.20. The lowest BCUT2D eigenvalue weighted by Crippen LogP contribution is -2.14. The molecule has 0 heterocycles. The Morgan fingerprint density at radius 1 is 0.895 bits per heavy atom. The third-order valence-corrected chi connectivity index (χ3v) is 3.37. The van der Waals surface area contributed by atoms with Crippen molar-refractivity contribution in [1.29, 1.82) is 0 Å². The molecule has 2 aromatic carbocycles. The van der Waals surface area contributed by atoms with Crippen LogP contribution >= 0.6 is 0 Å². The van der Waals surface area contributed by atoms with Crippen LogP contribution in [0.3, 0.4) is 0 Å². The number of hydrogen-bond donors (Lipinski definition) is 1. The van der Waals surface area contributed by atoms with E-state index in [-0.39, 0.29) is 0 Å². The molecular weight excluding hydrogens is 230 g/mol. The highest BCUT2D eigenvalue weighted by Gasteiger charge is 2.05. The van der Waals surface area contributed by atoms with Crippen molar-refractivity contribution in [2.24, 2.45) is 0 Å². The van der Waals surface area contributed by atoms with E-state index in [0.717, 1.165) is 13.1 Å². The summed E-state index contributed by atoms with van der Waals surface area (Å²) in [5, 5.41) is 3.49. The Hall–Kier alpha value is -1.60. The lowest BCUT2D eigenvalue weighted by atomic mass is 9.97. The van der Waals surface area contributed by atoms with Gasteiger partial charge in [-0.25, -0.2) is 0 Å². The predicted molar refractivity (Wildman–Crippen MR) is 83.3 cm³/mol. The van der Waals surface area contributed by atoms with Crippen molar-refractivity contribution in [3.63, 3.8) is 0 Å². The second-order valence-electron chi connectivity index (χ2n) is 5.20. The zero-order valence-electron chi connectivity index (χ0n) is 12.2. The van der Waals surface area contributed by atoms with E-state index < -0.39 is 0 Å². The number of nitrogens with one attached hydrogen (secondary N) is 1. The topological polar surface area (TPSA) is 12.0 Å². The van der Waals surface area contributed by atoms with E-state index in [0.29, 0.717) is 0 Å². The Labute approximate surface area is 116 Å². The van der Waals surface area contributed by atoms with E-state index in [4.69, 9.17) is 0 Å². The van der Waals surface area contributed by atoms with Crippen LogP contribution in [0.5, 0.6) is 0 Å². The molecule has 0 unspecified atom stereocenters. The van der Waals surface area contributed by atoms with Crippen molar-refractivity contribution in [3.8, 4) is 11.1 Å². The first kappa shape index (κ1) is 13.8. The molecule has 0 atom stereocenters. The summed E-state index contributed by atoms with van der Waals surface area (Å²) in [5.74, 6) is 0. The minimum absolute atomic E-state index is 0.942. The zero-order chi connectivity index (χ0) is 13.7. The summed E-state index contributed by atoms with van der Waals surface area (Å²) in [6, 6.07) is 15.5. The summed E-state index contributed by atoms with van der Waals surface area (Å²) in [4.78, 5) is 0. The standard InChI is InChI=1S/C18H23N/c1-4-11-19-13-17-10-7-15(3)12-18(17)16-8-5-14(2)6-9-16/h5-10,12,19H,4,11,13H2,1-3H3. The fraction of sp³-hybridized carbons (Fsp3) is 0.333. The van der Waals surface area contributed by atoms with E-state index >= 15 is 0 Å². The minimum Gasteiger partial charge on any atom is -0.313 e. The molecule has 2 aromatic rings. The maximum atomic E-state index is 3.49. The molecule has 0 aliphatic rings. The van der Waals surface area contributed by atoms with Crippen LogP contribution in [0.15, 0.2) is 42.5 Å². The molecule has 0 spiro atoms. The third-order valence-electron chi connectivity index (χ3n) is 3.37. The van der Waals surface area contributed by atoms with Gasteiger partial charge in [0, 0.05) is 6.54 Å². The van der Waals surface area contributed by atoms with E-state index in [1.165, 1.54) is 34.2 Å². The van der Waals surface area contributed by atoms with Gasteiger partial charge in [0.2, 0.25) is 0 Å². The van der Waals surface area contributed by atoms with E-state index in [2.05, 4.69) is 68.6 Å². The Morgan fingerprint density at radius 3 is 2.26 bits per heavy atom. The van der Waals surface area contributed by atoms with Gasteiger partial charge in [-0.15, -0.1) is 0 Å². The van der Waals surface area contributed by atoms with Crippen LogP contribution in [0.1, 0.15) is 30.0 Å². The molecule has 2 rings (SSSR count). The van der Waals surface area contributed by atoms with Gasteiger partial charge in [0.25, 0.3) is 0 Å². The predicted octanol–water partition coefficient (Wildman–Crippen LogP) is 4.47. The molecule has 0 aliphatic carbocycles. The molecule has 0 saturated heterocycles. The Balaban J connectivity index is 2.31. The fourth-order valence-corrected chi connectivity index (χ4v) is 2.25. The largest absolute Gasteiger partial charge is 0.313 e. The van der Waals surface area contributed by atoms with Gasteiger partial charge in [0.15, 0.2) is 0 Å². The molecule has 1 nitrogen and oxygen atoms in total. The van der Waals surface area contributed by atoms with E-state index in [1.54, 1.807) is 0 Å². The lowest BCUT2D eigenvalue weighted by Gasteiger charge is -2.12. The maximum absolute atomic E-state index is 3.49. The normalized spacial score (nSPS) is 10.7. The highest BCUT2D eigenvalue weighted by molar-refractivity contribution is 5.68. The van der Waals surface area contributed by atoms with Gasteiger partial charge >= 0.3 is 0 Å². The summed E-state index contributed by atoms with van der Waals surface area (Å²) in [6.07, 6.45) is 1.17. The highest BCUT2D eigenvalue weighted by atomic mass is 14.8. The molecule has 0 radical (unpaired) electrons. The highest BCUT2D eigenvalue weighted by Crippen LogP contribution is 2.25. The third kappa shape index (κ3) is 3.68. The van der Waals surface area contributed by atoms with Crippen LogP contribution in [0.25, 0.3) is 11.1 Å². The molecule has 0 aliphatic heterocycles. The number of rotatable bonds is 5. The van der Waals surface area contributed by atoms with Crippen LogP contribution < -0.4 is 5.32 Å². The van der Waals surface area contributed by atoms with Crippen LogP contribution in [0.2, 0.25) is 0 Å². The SMILES string of the molecule is CCCNCc1ccc(C)cc1-c1ccc(C)cc1. The van der Waals surface area contributed by atoms with Gasteiger partial charge < -0.3 is 5.32 Å². The van der Waals surface area contributed by atoms with Gasteiger partial charge in [-0.1, -0.05) is 60.5 Å². The number of aryl methyl sites for hydroxylation is 2. The van der Waals surface area contributed by atoms with Gasteiger partial charge in [-0.05, 0) is 43.5 Å². The zero-order valence-corrected chi connectivity index (χ0v) is 12.2. The Morgan fingerprint density at radius 2 is 1.58 bits per heavy atom. The lowest BCUT2D eigenvalue weighted by molar-refractivity contribution is 0.676. The van der Waals surface area contributed by atoms with Crippen LogP contribution in [-0.4, -0.2) is 6.54 Å². The molecular formula is C18H23N. The van der Waals surface area contributed by atoms with E-state index in [1.807, 2.05) is 0 Å². The first-order valence-corrected chi connectivity index (χ1v) is 7.08. The Bertz CT molecular complexity index is 526. The van der Waals surface area contributed by atoms with Crippen molar-refractivity contribution < 1.29 is 0 Å². The van der Waals surface area contributed by atoms with Crippen molar-refractivity contribution in [3.05, 3.63) is 59.2 Å². The molecule has 0 aromatic heterocycles. The Kier molecular flexibility index (Phi) is 4.75. The van der Waals surface area contributed by atoms with Gasteiger partial charge in [0.05, 0.1) is 0 Å². The summed E-state index contributed by atoms with van der Waals surface area (Å²) in [7, 11) is 0. The van der Waals surface area contributed by atoms with Gasteiger partial charge in [-0.3, -0.25) is 0 Å². The fourth-order valence-electron chi connectivity index (χ4n) is 2.25. The first-order valence-electron chi connectivity index (χ1n) is 7.08.